The van der Waals surface area contributed by atoms with Crippen molar-refractivity contribution in [2.45, 2.75) is 12.8 Å². The molecule has 0 amide bonds. The van der Waals surface area contributed by atoms with Crippen molar-refractivity contribution in [1.82, 2.24) is 4.90 Å². The molecule has 0 atom stereocenters. The summed E-state index contributed by atoms with van der Waals surface area (Å²) in [5.74, 6) is -0.413. The summed E-state index contributed by atoms with van der Waals surface area (Å²) in [5, 5.41) is 10.4. The summed E-state index contributed by atoms with van der Waals surface area (Å²) >= 11 is 0. The second-order valence-corrected chi connectivity index (χ2v) is 3.82. The van der Waals surface area contributed by atoms with Crippen LogP contribution in [-0.4, -0.2) is 37.1 Å². The number of halogens is 1. The van der Waals surface area contributed by atoms with Crippen LogP contribution >= 0.6 is 0 Å². The normalized spacial score (nSPS) is 16.4. The smallest absolute Gasteiger partial charge is 0.249 e. The molecule has 0 aromatic carbocycles. The van der Waals surface area contributed by atoms with Gasteiger partial charge in [0.2, 0.25) is 5.70 Å². The fraction of sp³-hybridized carbons (Fsp3) is 0.600. The van der Waals surface area contributed by atoms with Crippen molar-refractivity contribution in [3.8, 4) is 0 Å². The maximum absolute atomic E-state index is 13.3. The monoisotopic (exact) mass is 230 g/mol. The van der Waals surface area contributed by atoms with Crippen LogP contribution in [0, 0.1) is 10.1 Å². The number of ether oxygens (including phenoxy) is 1. The van der Waals surface area contributed by atoms with Gasteiger partial charge in [0.1, 0.15) is 12.4 Å². The second kappa shape index (κ2) is 5.60. The minimum absolute atomic E-state index is 0.0996. The Balaban J connectivity index is 2.55. The van der Waals surface area contributed by atoms with E-state index in [1.807, 2.05) is 19.0 Å². The van der Waals surface area contributed by atoms with Gasteiger partial charge in [0.05, 0.1) is 11.0 Å². The first-order valence-electron chi connectivity index (χ1n) is 5.02. The van der Waals surface area contributed by atoms with Crippen molar-refractivity contribution < 1.29 is 14.1 Å². The molecule has 6 heteroatoms. The Bertz CT molecular complexity index is 337. The summed E-state index contributed by atoms with van der Waals surface area (Å²) in [5.41, 5.74) is -0.0996. The van der Waals surface area contributed by atoms with E-state index in [0.717, 1.165) is 6.08 Å². The number of likely N-dealkylation sites (N-methyl/N-ethyl adjacent to an activating group) is 1. The molecule has 0 aromatic rings. The molecule has 0 N–H and O–H groups in total. The molecule has 0 spiro atoms. The minimum atomic E-state index is -0.628. The van der Waals surface area contributed by atoms with Crippen LogP contribution in [0.4, 0.5) is 4.39 Å². The average molecular weight is 230 g/mol. The van der Waals surface area contributed by atoms with Crippen LogP contribution in [-0.2, 0) is 4.74 Å². The molecule has 90 valence electrons. The molecular formula is C10H15FN2O3. The standard InChI is InChI=1S/C10H15FN2O3/c1-12(2)5-6-16-10-4-3-8(13(14)15)7-9(10)11/h7H,3-6H2,1-2H3. The van der Waals surface area contributed by atoms with Crippen LogP contribution in [0.25, 0.3) is 0 Å². The fourth-order valence-corrected chi connectivity index (χ4v) is 1.30. The SMILES string of the molecule is CN(C)CCOC1=C(F)C=C([N+](=O)[O-])CC1. The molecule has 1 aliphatic rings. The maximum Gasteiger partial charge on any atom is 0.249 e. The summed E-state index contributed by atoms with van der Waals surface area (Å²) in [6, 6.07) is 0. The topological polar surface area (TPSA) is 55.6 Å². The summed E-state index contributed by atoms with van der Waals surface area (Å²) in [6.45, 7) is 1.07. The summed E-state index contributed by atoms with van der Waals surface area (Å²) in [7, 11) is 3.78. The number of hydrogen-bond donors (Lipinski definition) is 0. The Morgan fingerprint density at radius 2 is 2.25 bits per heavy atom. The third-order valence-corrected chi connectivity index (χ3v) is 2.22. The van der Waals surface area contributed by atoms with E-state index in [9.17, 15) is 14.5 Å². The van der Waals surface area contributed by atoms with Crippen LogP contribution in [0.5, 0.6) is 0 Å². The van der Waals surface area contributed by atoms with Crippen molar-refractivity contribution in [2.24, 2.45) is 0 Å². The quantitative estimate of drug-likeness (QED) is 0.533. The lowest BCUT2D eigenvalue weighted by molar-refractivity contribution is -0.428. The van der Waals surface area contributed by atoms with E-state index in [1.165, 1.54) is 0 Å². The van der Waals surface area contributed by atoms with Crippen LogP contribution in [0.3, 0.4) is 0 Å². The van der Waals surface area contributed by atoms with Crippen molar-refractivity contribution in [3.63, 3.8) is 0 Å². The van der Waals surface area contributed by atoms with Crippen molar-refractivity contribution in [1.29, 1.82) is 0 Å². The predicted octanol–water partition coefficient (Wildman–Crippen LogP) is 1.70. The van der Waals surface area contributed by atoms with Gasteiger partial charge in [0.25, 0.3) is 0 Å². The summed E-state index contributed by atoms with van der Waals surface area (Å²) in [4.78, 5) is 11.8. The molecule has 0 bridgehead atoms. The Morgan fingerprint density at radius 1 is 1.56 bits per heavy atom. The van der Waals surface area contributed by atoms with Crippen LogP contribution in [0.15, 0.2) is 23.4 Å². The Morgan fingerprint density at radius 3 is 2.75 bits per heavy atom. The molecule has 0 heterocycles. The zero-order valence-electron chi connectivity index (χ0n) is 9.40. The molecule has 1 aliphatic carbocycles. The molecule has 16 heavy (non-hydrogen) atoms. The van der Waals surface area contributed by atoms with Gasteiger partial charge in [-0.05, 0) is 14.1 Å². The van der Waals surface area contributed by atoms with Gasteiger partial charge >= 0.3 is 0 Å². The summed E-state index contributed by atoms with van der Waals surface area (Å²) < 4.78 is 18.6. The molecule has 0 aliphatic heterocycles. The van der Waals surface area contributed by atoms with E-state index < -0.39 is 10.8 Å². The zero-order chi connectivity index (χ0) is 12.1. The van der Waals surface area contributed by atoms with E-state index in [2.05, 4.69) is 0 Å². The minimum Gasteiger partial charge on any atom is -0.494 e. The highest BCUT2D eigenvalue weighted by molar-refractivity contribution is 5.22. The van der Waals surface area contributed by atoms with Crippen LogP contribution in [0.2, 0.25) is 0 Å². The summed E-state index contributed by atoms with van der Waals surface area (Å²) in [6.07, 6.45) is 1.41. The highest BCUT2D eigenvalue weighted by Crippen LogP contribution is 2.25. The molecule has 0 saturated heterocycles. The van der Waals surface area contributed by atoms with E-state index in [0.29, 0.717) is 13.2 Å². The predicted molar refractivity (Wildman–Crippen MR) is 57.0 cm³/mol. The van der Waals surface area contributed by atoms with Gasteiger partial charge in [-0.2, -0.15) is 0 Å². The first kappa shape index (κ1) is 12.6. The molecular weight excluding hydrogens is 215 g/mol. The second-order valence-electron chi connectivity index (χ2n) is 3.82. The molecule has 5 nitrogen and oxygen atoms in total. The largest absolute Gasteiger partial charge is 0.494 e. The van der Waals surface area contributed by atoms with Crippen LogP contribution in [0.1, 0.15) is 12.8 Å². The van der Waals surface area contributed by atoms with Gasteiger partial charge in [-0.1, -0.05) is 0 Å². The molecule has 0 saturated carbocycles. The Hall–Kier alpha value is -1.43. The van der Waals surface area contributed by atoms with Crippen molar-refractivity contribution in [2.75, 3.05) is 27.2 Å². The Kier molecular flexibility index (Phi) is 4.42. The third-order valence-electron chi connectivity index (χ3n) is 2.22. The Labute approximate surface area is 93.3 Å². The number of nitrogens with zero attached hydrogens (tertiary/aromatic N) is 2. The van der Waals surface area contributed by atoms with Gasteiger partial charge in [0, 0.05) is 19.4 Å². The lowest BCUT2D eigenvalue weighted by Gasteiger charge is -2.15. The first-order valence-corrected chi connectivity index (χ1v) is 5.02. The lowest BCUT2D eigenvalue weighted by atomic mass is 10.1. The number of allylic oxidation sites excluding steroid dienone is 4. The molecule has 0 unspecified atom stereocenters. The van der Waals surface area contributed by atoms with Crippen molar-refractivity contribution in [3.05, 3.63) is 33.5 Å². The van der Waals surface area contributed by atoms with E-state index in [-0.39, 0.29) is 24.3 Å². The van der Waals surface area contributed by atoms with Gasteiger partial charge in [-0.15, -0.1) is 0 Å². The zero-order valence-corrected chi connectivity index (χ0v) is 9.40. The number of hydrogen-bond acceptors (Lipinski definition) is 4. The first-order chi connectivity index (χ1) is 7.50. The molecule has 0 radical (unpaired) electrons. The van der Waals surface area contributed by atoms with Gasteiger partial charge in [0.15, 0.2) is 5.83 Å². The van der Waals surface area contributed by atoms with Crippen LogP contribution < -0.4 is 0 Å². The highest BCUT2D eigenvalue weighted by Gasteiger charge is 2.21. The number of rotatable bonds is 5. The number of nitro groups is 1. The van der Waals surface area contributed by atoms with Gasteiger partial charge < -0.3 is 9.64 Å². The van der Waals surface area contributed by atoms with Gasteiger partial charge in [-0.25, -0.2) is 4.39 Å². The highest BCUT2D eigenvalue weighted by atomic mass is 19.1. The molecule has 1 rings (SSSR count). The van der Waals surface area contributed by atoms with E-state index in [4.69, 9.17) is 4.74 Å². The van der Waals surface area contributed by atoms with E-state index >= 15 is 0 Å². The maximum atomic E-state index is 13.3. The lowest BCUT2D eigenvalue weighted by Crippen LogP contribution is -2.18. The molecule has 0 aromatic heterocycles. The fourth-order valence-electron chi connectivity index (χ4n) is 1.30. The van der Waals surface area contributed by atoms with Crippen molar-refractivity contribution >= 4 is 0 Å². The average Bonchev–Trinajstić information content (AvgIpc) is 2.19. The molecule has 0 fully saturated rings. The van der Waals surface area contributed by atoms with Gasteiger partial charge in [-0.3, -0.25) is 10.1 Å². The third kappa shape index (κ3) is 3.62. The van der Waals surface area contributed by atoms with E-state index in [1.54, 1.807) is 0 Å².